The summed E-state index contributed by atoms with van der Waals surface area (Å²) < 4.78 is 5.20. The van der Waals surface area contributed by atoms with E-state index in [1.165, 1.54) is 12.8 Å². The Bertz CT molecular complexity index is 581. The van der Waals surface area contributed by atoms with Gasteiger partial charge in [0.15, 0.2) is 5.82 Å². The second-order valence-electron chi connectivity index (χ2n) is 4.68. The summed E-state index contributed by atoms with van der Waals surface area (Å²) in [4.78, 5) is 16.1. The van der Waals surface area contributed by atoms with E-state index in [1.807, 2.05) is 0 Å². The van der Waals surface area contributed by atoms with Crippen molar-refractivity contribution in [2.75, 3.05) is 0 Å². The van der Waals surface area contributed by atoms with Gasteiger partial charge in [0.1, 0.15) is 0 Å². The molecule has 1 aromatic carbocycles. The monoisotopic (exact) mass is 306 g/mol. The van der Waals surface area contributed by atoms with Crippen LogP contribution in [0.2, 0.25) is 0 Å². The van der Waals surface area contributed by atoms with Gasteiger partial charge in [-0.15, -0.1) is 11.8 Å². The molecule has 21 heavy (non-hydrogen) atoms. The normalized spacial score (nSPS) is 10.7. The number of hydrogen-bond donors (Lipinski definition) is 1. The number of aromatic carboxylic acids is 1. The number of unbranched alkanes of at least 4 members (excludes halogenated alkanes) is 2. The van der Waals surface area contributed by atoms with Crippen LogP contribution < -0.4 is 0 Å². The lowest BCUT2D eigenvalue weighted by Crippen LogP contribution is -1.94. The lowest BCUT2D eigenvalue weighted by molar-refractivity contribution is 0.0697. The van der Waals surface area contributed by atoms with Crippen LogP contribution in [0.4, 0.5) is 0 Å². The fraction of sp³-hybridized carbons (Fsp3) is 0.400. The summed E-state index contributed by atoms with van der Waals surface area (Å²) in [5, 5.41) is 12.8. The average Bonchev–Trinajstić information content (AvgIpc) is 2.94. The molecular weight excluding hydrogens is 288 g/mol. The summed E-state index contributed by atoms with van der Waals surface area (Å²) in [7, 11) is 0. The highest BCUT2D eigenvalue weighted by molar-refractivity contribution is 7.98. The van der Waals surface area contributed by atoms with Crippen molar-refractivity contribution in [3.63, 3.8) is 0 Å². The Morgan fingerprint density at radius 2 is 2.05 bits per heavy atom. The molecule has 0 unspecified atom stereocenters. The minimum absolute atomic E-state index is 0.287. The van der Waals surface area contributed by atoms with E-state index in [0.717, 1.165) is 23.6 Å². The number of carboxylic acids is 1. The van der Waals surface area contributed by atoms with Gasteiger partial charge in [-0.05, 0) is 30.7 Å². The van der Waals surface area contributed by atoms with Crippen LogP contribution in [0.15, 0.2) is 33.7 Å². The zero-order valence-electron chi connectivity index (χ0n) is 11.9. The van der Waals surface area contributed by atoms with Crippen molar-refractivity contribution in [3.05, 3.63) is 41.5 Å². The molecule has 2 rings (SSSR count). The van der Waals surface area contributed by atoms with Crippen LogP contribution in [-0.2, 0) is 12.2 Å². The Hall–Kier alpha value is -1.82. The molecule has 0 spiro atoms. The molecule has 0 saturated carbocycles. The van der Waals surface area contributed by atoms with Crippen LogP contribution in [-0.4, -0.2) is 21.2 Å². The van der Waals surface area contributed by atoms with Gasteiger partial charge in [0.05, 0.1) is 11.3 Å². The lowest BCUT2D eigenvalue weighted by atomic mass is 10.2. The summed E-state index contributed by atoms with van der Waals surface area (Å²) >= 11 is 1.55. The van der Waals surface area contributed by atoms with Gasteiger partial charge in [-0.2, -0.15) is 4.98 Å². The Labute approximate surface area is 127 Å². The summed E-state index contributed by atoms with van der Waals surface area (Å²) in [6.45, 7) is 2.16. The van der Waals surface area contributed by atoms with Crippen LogP contribution in [0, 0.1) is 0 Å². The van der Waals surface area contributed by atoms with E-state index < -0.39 is 5.97 Å². The molecule has 1 aromatic heterocycles. The van der Waals surface area contributed by atoms with Crippen molar-refractivity contribution in [1.29, 1.82) is 0 Å². The Balaban J connectivity index is 1.83. The number of rotatable bonds is 8. The van der Waals surface area contributed by atoms with E-state index in [1.54, 1.807) is 36.0 Å². The first-order valence-corrected chi connectivity index (χ1v) is 7.95. The van der Waals surface area contributed by atoms with E-state index >= 15 is 0 Å². The molecule has 112 valence electrons. The van der Waals surface area contributed by atoms with Gasteiger partial charge >= 0.3 is 5.97 Å². The second-order valence-corrected chi connectivity index (χ2v) is 5.73. The molecule has 0 bridgehead atoms. The summed E-state index contributed by atoms with van der Waals surface area (Å²) in [6, 6.07) is 6.75. The van der Waals surface area contributed by atoms with E-state index in [4.69, 9.17) is 9.63 Å². The highest BCUT2D eigenvalue weighted by atomic mass is 32.2. The number of nitrogens with zero attached hydrogens (tertiary/aromatic N) is 2. The number of carbonyl (C=O) groups is 1. The molecule has 0 aliphatic rings. The Morgan fingerprint density at radius 3 is 2.71 bits per heavy atom. The molecule has 6 heteroatoms. The predicted octanol–water partition coefficient (Wildman–Crippen LogP) is 3.79. The maximum absolute atomic E-state index is 10.8. The van der Waals surface area contributed by atoms with Crippen LogP contribution >= 0.6 is 11.8 Å². The first kappa shape index (κ1) is 15.6. The summed E-state index contributed by atoms with van der Waals surface area (Å²) in [6.07, 6.45) is 4.29. The first-order valence-electron chi connectivity index (χ1n) is 6.96. The number of thioether (sulfide) groups is 1. The highest BCUT2D eigenvalue weighted by Crippen LogP contribution is 2.22. The molecule has 0 aliphatic heterocycles. The summed E-state index contributed by atoms with van der Waals surface area (Å²) in [5.41, 5.74) is 0.287. The van der Waals surface area contributed by atoms with E-state index in [-0.39, 0.29) is 5.56 Å². The van der Waals surface area contributed by atoms with E-state index in [9.17, 15) is 4.79 Å². The van der Waals surface area contributed by atoms with Crippen LogP contribution in [0.1, 0.15) is 48.3 Å². The maximum Gasteiger partial charge on any atom is 0.335 e. The molecule has 5 nitrogen and oxygen atoms in total. The molecule has 2 aromatic rings. The number of aromatic nitrogens is 2. The van der Waals surface area contributed by atoms with E-state index in [0.29, 0.717) is 11.6 Å². The quantitative estimate of drug-likeness (QED) is 0.590. The first-order chi connectivity index (χ1) is 10.2. The fourth-order valence-electron chi connectivity index (χ4n) is 1.82. The fourth-order valence-corrected chi connectivity index (χ4v) is 2.56. The molecule has 0 amide bonds. The molecule has 0 fully saturated rings. The second kappa shape index (κ2) is 7.83. The van der Waals surface area contributed by atoms with Gasteiger partial charge < -0.3 is 9.63 Å². The van der Waals surface area contributed by atoms with Crippen molar-refractivity contribution < 1.29 is 14.4 Å². The minimum Gasteiger partial charge on any atom is -0.478 e. The minimum atomic E-state index is -0.917. The maximum atomic E-state index is 10.8. The van der Waals surface area contributed by atoms with Gasteiger partial charge in [0.2, 0.25) is 5.89 Å². The highest BCUT2D eigenvalue weighted by Gasteiger charge is 2.07. The molecule has 1 heterocycles. The third-order valence-corrected chi connectivity index (χ3v) is 3.97. The van der Waals surface area contributed by atoms with Gasteiger partial charge in [-0.1, -0.05) is 24.9 Å². The molecule has 0 atom stereocenters. The Kier molecular flexibility index (Phi) is 5.80. The van der Waals surface area contributed by atoms with Crippen molar-refractivity contribution in [2.45, 2.75) is 43.3 Å². The molecular formula is C15H18N2O3S. The van der Waals surface area contributed by atoms with Crippen LogP contribution in [0.5, 0.6) is 0 Å². The number of carboxylic acid groups (broad SMARTS) is 1. The van der Waals surface area contributed by atoms with Crippen LogP contribution in [0.3, 0.4) is 0 Å². The third kappa shape index (κ3) is 4.90. The molecule has 0 radical (unpaired) electrons. The molecule has 1 N–H and O–H groups in total. The average molecular weight is 306 g/mol. The topological polar surface area (TPSA) is 76.2 Å². The van der Waals surface area contributed by atoms with Gasteiger partial charge in [-0.25, -0.2) is 4.79 Å². The van der Waals surface area contributed by atoms with Crippen LogP contribution in [0.25, 0.3) is 0 Å². The Morgan fingerprint density at radius 1 is 1.29 bits per heavy atom. The predicted molar refractivity (Wildman–Crippen MR) is 80.5 cm³/mol. The number of benzene rings is 1. The van der Waals surface area contributed by atoms with Crippen molar-refractivity contribution in [2.24, 2.45) is 0 Å². The lowest BCUT2D eigenvalue weighted by Gasteiger charge is -1.99. The zero-order chi connectivity index (χ0) is 15.1. The third-order valence-electron chi connectivity index (χ3n) is 2.98. The largest absolute Gasteiger partial charge is 0.478 e. The molecule has 0 aliphatic carbocycles. The number of aryl methyl sites for hydroxylation is 1. The van der Waals surface area contributed by atoms with Gasteiger partial charge in [-0.3, -0.25) is 0 Å². The SMILES string of the molecule is CCCCCc1noc(CSc2ccc(C(=O)O)cc2)n1. The number of hydrogen-bond acceptors (Lipinski definition) is 5. The zero-order valence-corrected chi connectivity index (χ0v) is 12.7. The smallest absolute Gasteiger partial charge is 0.335 e. The van der Waals surface area contributed by atoms with Gasteiger partial charge in [0, 0.05) is 11.3 Å². The summed E-state index contributed by atoms with van der Waals surface area (Å²) in [5.74, 6) is 1.04. The van der Waals surface area contributed by atoms with Crippen molar-refractivity contribution in [3.8, 4) is 0 Å². The standard InChI is InChI=1S/C15H18N2O3S/c1-2-3-4-5-13-16-14(20-17-13)10-21-12-8-6-11(7-9-12)15(18)19/h6-9H,2-5,10H2,1H3,(H,18,19). The van der Waals surface area contributed by atoms with E-state index in [2.05, 4.69) is 17.1 Å². The van der Waals surface area contributed by atoms with Crippen molar-refractivity contribution >= 4 is 17.7 Å². The van der Waals surface area contributed by atoms with Crippen molar-refractivity contribution in [1.82, 2.24) is 10.1 Å². The van der Waals surface area contributed by atoms with Gasteiger partial charge in [0.25, 0.3) is 0 Å². The molecule has 0 saturated heterocycles.